The van der Waals surface area contributed by atoms with E-state index in [4.69, 9.17) is 4.98 Å². The molecule has 1 aliphatic heterocycles. The molecule has 0 saturated carbocycles. The molecule has 31 heavy (non-hydrogen) atoms. The molecule has 1 saturated heterocycles. The number of amides is 1. The van der Waals surface area contributed by atoms with Crippen LogP contribution in [-0.4, -0.2) is 34.2 Å². The lowest BCUT2D eigenvalue weighted by Gasteiger charge is -2.22. The number of aryl methyl sites for hydroxylation is 1. The van der Waals surface area contributed by atoms with Crippen LogP contribution < -0.4 is 10.2 Å². The number of benzene rings is 2. The van der Waals surface area contributed by atoms with Gasteiger partial charge in [-0.3, -0.25) is 14.9 Å². The van der Waals surface area contributed by atoms with Gasteiger partial charge in [-0.2, -0.15) is 5.10 Å². The fraction of sp³-hybridized carbons (Fsp3) is 0.208. The van der Waals surface area contributed by atoms with Crippen molar-refractivity contribution in [3.8, 4) is 0 Å². The predicted octanol–water partition coefficient (Wildman–Crippen LogP) is 4.93. The SMILES string of the molecule is Cc1cc(N2CCC(c3ccccc3)C2)c2cc(NC(=O)c3cn[nH]c3)ccc2n1.Cl. The fourth-order valence-electron chi connectivity index (χ4n) is 4.23. The van der Waals surface area contributed by atoms with E-state index in [2.05, 4.69) is 56.8 Å². The average molecular weight is 434 g/mol. The largest absolute Gasteiger partial charge is 0.370 e. The van der Waals surface area contributed by atoms with Crippen LogP contribution in [0.5, 0.6) is 0 Å². The number of hydrogen-bond donors (Lipinski definition) is 2. The minimum absolute atomic E-state index is 0. The summed E-state index contributed by atoms with van der Waals surface area (Å²) in [6.07, 6.45) is 4.23. The Balaban J connectivity index is 0.00000231. The number of carbonyl (C=O) groups excluding carboxylic acids is 1. The Morgan fingerprint density at radius 1 is 1.16 bits per heavy atom. The van der Waals surface area contributed by atoms with Crippen molar-refractivity contribution in [3.05, 3.63) is 83.8 Å². The third-order valence-electron chi connectivity index (χ3n) is 5.73. The molecule has 2 aromatic heterocycles. The summed E-state index contributed by atoms with van der Waals surface area (Å²) in [7, 11) is 0. The highest BCUT2D eigenvalue weighted by atomic mass is 35.5. The average Bonchev–Trinajstić information content (AvgIpc) is 3.46. The van der Waals surface area contributed by atoms with E-state index >= 15 is 0 Å². The number of pyridine rings is 1. The van der Waals surface area contributed by atoms with Gasteiger partial charge in [0.25, 0.3) is 5.91 Å². The maximum absolute atomic E-state index is 12.4. The number of H-pyrrole nitrogens is 1. The van der Waals surface area contributed by atoms with E-state index < -0.39 is 0 Å². The number of hydrogen-bond acceptors (Lipinski definition) is 4. The minimum Gasteiger partial charge on any atom is -0.370 e. The van der Waals surface area contributed by atoms with Gasteiger partial charge in [0.1, 0.15) is 0 Å². The molecule has 1 amide bonds. The molecule has 2 N–H and O–H groups in total. The van der Waals surface area contributed by atoms with E-state index in [9.17, 15) is 4.79 Å². The van der Waals surface area contributed by atoms with Crippen molar-refractivity contribution in [2.24, 2.45) is 0 Å². The second-order valence-corrected chi connectivity index (χ2v) is 7.80. The van der Waals surface area contributed by atoms with Gasteiger partial charge in [-0.25, -0.2) is 0 Å². The zero-order chi connectivity index (χ0) is 20.5. The molecule has 0 aliphatic carbocycles. The molecule has 0 bridgehead atoms. The molecule has 1 atom stereocenters. The van der Waals surface area contributed by atoms with Crippen molar-refractivity contribution in [3.63, 3.8) is 0 Å². The summed E-state index contributed by atoms with van der Waals surface area (Å²) in [5, 5.41) is 10.5. The van der Waals surface area contributed by atoms with Crippen LogP contribution in [0.25, 0.3) is 10.9 Å². The molecule has 1 unspecified atom stereocenters. The second-order valence-electron chi connectivity index (χ2n) is 7.80. The summed E-state index contributed by atoms with van der Waals surface area (Å²) in [6, 6.07) is 18.8. The lowest BCUT2D eigenvalue weighted by molar-refractivity contribution is 0.102. The molecule has 1 aliphatic rings. The topological polar surface area (TPSA) is 73.9 Å². The van der Waals surface area contributed by atoms with E-state index in [-0.39, 0.29) is 18.3 Å². The Labute approximate surface area is 187 Å². The molecule has 5 rings (SSSR count). The molecule has 3 heterocycles. The molecule has 0 spiro atoms. The Bertz CT molecular complexity index is 1190. The number of anilines is 2. The molecular weight excluding hydrogens is 410 g/mol. The van der Waals surface area contributed by atoms with Gasteiger partial charge in [0.2, 0.25) is 0 Å². The lowest BCUT2D eigenvalue weighted by atomic mass is 9.99. The number of nitrogens with zero attached hydrogens (tertiary/aromatic N) is 3. The van der Waals surface area contributed by atoms with Crippen LogP contribution in [0.1, 0.15) is 34.0 Å². The first-order valence-electron chi connectivity index (χ1n) is 10.2. The van der Waals surface area contributed by atoms with Gasteiger partial charge >= 0.3 is 0 Å². The van der Waals surface area contributed by atoms with Crippen LogP contribution in [-0.2, 0) is 0 Å². The second kappa shape index (κ2) is 8.78. The van der Waals surface area contributed by atoms with Crippen molar-refractivity contribution in [1.82, 2.24) is 15.2 Å². The Morgan fingerprint density at radius 2 is 2.00 bits per heavy atom. The summed E-state index contributed by atoms with van der Waals surface area (Å²) >= 11 is 0. The van der Waals surface area contributed by atoms with E-state index in [1.807, 2.05) is 25.1 Å². The summed E-state index contributed by atoms with van der Waals surface area (Å²) in [4.78, 5) is 19.6. The Kier molecular flexibility index (Phi) is 5.91. The molecule has 2 aromatic carbocycles. The van der Waals surface area contributed by atoms with Crippen LogP contribution in [0.4, 0.5) is 11.4 Å². The first-order chi connectivity index (χ1) is 14.7. The summed E-state index contributed by atoms with van der Waals surface area (Å²) in [6.45, 7) is 4.01. The quantitative estimate of drug-likeness (QED) is 0.478. The van der Waals surface area contributed by atoms with Gasteiger partial charge in [0.05, 0.1) is 17.3 Å². The van der Waals surface area contributed by atoms with E-state index in [1.165, 1.54) is 17.4 Å². The number of halogens is 1. The van der Waals surface area contributed by atoms with Gasteiger partial charge in [0, 0.05) is 47.7 Å². The fourth-order valence-corrected chi connectivity index (χ4v) is 4.23. The molecular formula is C24H24ClN5O. The molecule has 1 fully saturated rings. The number of nitrogens with one attached hydrogen (secondary N) is 2. The molecule has 158 valence electrons. The summed E-state index contributed by atoms with van der Waals surface area (Å²) in [5.41, 5.74) is 5.76. The maximum Gasteiger partial charge on any atom is 0.258 e. The van der Waals surface area contributed by atoms with Crippen LogP contribution in [0.15, 0.2) is 67.0 Å². The van der Waals surface area contributed by atoms with Crippen molar-refractivity contribution < 1.29 is 4.79 Å². The van der Waals surface area contributed by atoms with Crippen molar-refractivity contribution in [2.45, 2.75) is 19.3 Å². The van der Waals surface area contributed by atoms with Gasteiger partial charge in [0.15, 0.2) is 0 Å². The number of fused-ring (bicyclic) bond motifs is 1. The minimum atomic E-state index is -0.185. The molecule has 4 aromatic rings. The highest BCUT2D eigenvalue weighted by Crippen LogP contribution is 2.35. The standard InChI is InChI=1S/C24H23N5O.ClH/c1-16-11-23(29-10-9-18(15-29)17-5-3-2-4-6-17)21-12-20(7-8-22(21)27-16)28-24(30)19-13-25-26-14-19;/h2-8,11-14,18H,9-10,15H2,1H3,(H,25,26)(H,28,30);1H. The predicted molar refractivity (Wildman–Crippen MR) is 126 cm³/mol. The van der Waals surface area contributed by atoms with E-state index in [0.717, 1.165) is 41.8 Å². The Morgan fingerprint density at radius 3 is 2.77 bits per heavy atom. The van der Waals surface area contributed by atoms with Gasteiger partial charge in [-0.1, -0.05) is 30.3 Å². The van der Waals surface area contributed by atoms with Gasteiger partial charge in [-0.05, 0) is 43.2 Å². The van der Waals surface area contributed by atoms with E-state index in [0.29, 0.717) is 11.5 Å². The molecule has 7 heteroatoms. The van der Waals surface area contributed by atoms with Crippen LogP contribution in [0.2, 0.25) is 0 Å². The third-order valence-corrected chi connectivity index (χ3v) is 5.73. The normalized spacial score (nSPS) is 15.6. The summed E-state index contributed by atoms with van der Waals surface area (Å²) < 4.78 is 0. The Hall–Kier alpha value is -3.38. The zero-order valence-corrected chi connectivity index (χ0v) is 18.0. The first kappa shape index (κ1) is 20.9. The van der Waals surface area contributed by atoms with Gasteiger partial charge in [-0.15, -0.1) is 12.4 Å². The van der Waals surface area contributed by atoms with Crippen LogP contribution in [0, 0.1) is 6.92 Å². The smallest absolute Gasteiger partial charge is 0.258 e. The zero-order valence-electron chi connectivity index (χ0n) is 17.2. The van der Waals surface area contributed by atoms with Crippen molar-refractivity contribution >= 4 is 40.6 Å². The summed E-state index contributed by atoms with van der Waals surface area (Å²) in [5.74, 6) is 0.341. The lowest BCUT2D eigenvalue weighted by Crippen LogP contribution is -2.20. The number of rotatable bonds is 4. The van der Waals surface area contributed by atoms with Gasteiger partial charge < -0.3 is 10.2 Å². The van der Waals surface area contributed by atoms with Crippen LogP contribution in [0.3, 0.4) is 0 Å². The number of carbonyl (C=O) groups is 1. The third kappa shape index (κ3) is 4.25. The monoisotopic (exact) mass is 433 g/mol. The maximum atomic E-state index is 12.4. The highest BCUT2D eigenvalue weighted by molar-refractivity contribution is 6.05. The first-order valence-corrected chi connectivity index (χ1v) is 10.2. The molecule has 6 nitrogen and oxygen atoms in total. The van der Waals surface area contributed by atoms with E-state index in [1.54, 1.807) is 6.20 Å². The number of aromatic nitrogens is 3. The van der Waals surface area contributed by atoms with Crippen molar-refractivity contribution in [2.75, 3.05) is 23.3 Å². The highest BCUT2D eigenvalue weighted by Gasteiger charge is 2.25. The van der Waals surface area contributed by atoms with Crippen LogP contribution >= 0.6 is 12.4 Å². The number of aromatic amines is 1. The molecule has 0 radical (unpaired) electrons. The van der Waals surface area contributed by atoms with Crippen molar-refractivity contribution in [1.29, 1.82) is 0 Å².